The molecule has 0 fully saturated rings. The summed E-state index contributed by atoms with van der Waals surface area (Å²) in [4.78, 5) is 14.3. The number of aryl methyl sites for hydroxylation is 2. The van der Waals surface area contributed by atoms with E-state index in [2.05, 4.69) is 5.16 Å². The van der Waals surface area contributed by atoms with E-state index in [4.69, 9.17) is 20.9 Å². The number of carbonyl (C=O) groups excluding carboxylic acids is 1. The van der Waals surface area contributed by atoms with Crippen molar-refractivity contribution in [1.82, 2.24) is 10.1 Å². The Kier molecular flexibility index (Phi) is 5.80. The Bertz CT molecular complexity index is 647. The number of amides is 1. The Balaban J connectivity index is 2.18. The Hall–Kier alpha value is -1.85. The minimum absolute atomic E-state index is 0.0172. The second-order valence-electron chi connectivity index (χ2n) is 5.51. The van der Waals surface area contributed by atoms with Crippen LogP contribution in [0.25, 0.3) is 0 Å². The third-order valence-corrected chi connectivity index (χ3v) is 4.20. The van der Waals surface area contributed by atoms with Crippen molar-refractivity contribution >= 4 is 17.5 Å². The Labute approximate surface area is 141 Å². The van der Waals surface area contributed by atoms with Crippen LogP contribution < -0.4 is 0 Å². The lowest BCUT2D eigenvalue weighted by molar-refractivity contribution is -0.132. The van der Waals surface area contributed by atoms with Gasteiger partial charge in [0.2, 0.25) is 5.91 Å². The molecule has 1 amide bonds. The molecule has 1 aromatic carbocycles. The number of carbonyl (C=O) groups is 1. The number of halogens is 1. The first kappa shape index (κ1) is 17.5. The molecule has 0 radical (unpaired) electrons. The van der Waals surface area contributed by atoms with Crippen LogP contribution >= 0.6 is 11.6 Å². The van der Waals surface area contributed by atoms with E-state index >= 15 is 0 Å². The van der Waals surface area contributed by atoms with Crippen molar-refractivity contribution in [2.75, 3.05) is 20.8 Å². The topological polar surface area (TPSA) is 55.6 Å². The maximum absolute atomic E-state index is 12.6. The van der Waals surface area contributed by atoms with Gasteiger partial charge in [0.1, 0.15) is 5.76 Å². The molecule has 6 heteroatoms. The quantitative estimate of drug-likeness (QED) is 0.812. The highest BCUT2D eigenvalue weighted by molar-refractivity contribution is 6.30. The number of nitrogens with zero attached hydrogens (tertiary/aromatic N) is 2. The average Bonchev–Trinajstić information content (AvgIpc) is 2.85. The number of methoxy groups -OCH3 is 1. The van der Waals surface area contributed by atoms with E-state index in [1.165, 1.54) is 0 Å². The molecule has 0 bridgehead atoms. The van der Waals surface area contributed by atoms with Gasteiger partial charge in [-0.15, -0.1) is 0 Å². The molecular weight excluding hydrogens is 316 g/mol. The highest BCUT2D eigenvalue weighted by Gasteiger charge is 2.24. The Morgan fingerprint density at radius 2 is 2.00 bits per heavy atom. The van der Waals surface area contributed by atoms with Crippen LogP contribution in [0.5, 0.6) is 0 Å². The zero-order chi connectivity index (χ0) is 17.0. The molecule has 0 saturated carbocycles. The van der Waals surface area contributed by atoms with Crippen molar-refractivity contribution in [2.24, 2.45) is 0 Å². The lowest BCUT2D eigenvalue weighted by atomic mass is 10.0. The summed E-state index contributed by atoms with van der Waals surface area (Å²) in [5.74, 6) is 0.662. The molecule has 0 aliphatic heterocycles. The lowest BCUT2D eigenvalue weighted by Gasteiger charge is -2.28. The fraction of sp³-hybridized carbons (Fsp3) is 0.412. The second-order valence-corrected chi connectivity index (χ2v) is 5.94. The molecule has 1 atom stereocenters. The summed E-state index contributed by atoms with van der Waals surface area (Å²) in [5, 5.41) is 4.55. The van der Waals surface area contributed by atoms with Crippen LogP contribution in [0.15, 0.2) is 28.8 Å². The second kappa shape index (κ2) is 7.62. The molecule has 2 aromatic rings. The highest BCUT2D eigenvalue weighted by Crippen LogP contribution is 2.23. The first-order chi connectivity index (χ1) is 10.9. The van der Waals surface area contributed by atoms with Crippen molar-refractivity contribution in [1.29, 1.82) is 0 Å². The Morgan fingerprint density at radius 1 is 1.35 bits per heavy atom. The van der Waals surface area contributed by atoms with Crippen molar-refractivity contribution in [3.63, 3.8) is 0 Å². The molecule has 1 heterocycles. The van der Waals surface area contributed by atoms with Gasteiger partial charge in [-0.05, 0) is 31.5 Å². The summed E-state index contributed by atoms with van der Waals surface area (Å²) in [6.07, 6.45) is 0.255. The average molecular weight is 337 g/mol. The van der Waals surface area contributed by atoms with Gasteiger partial charge in [-0.25, -0.2) is 0 Å². The third kappa shape index (κ3) is 4.12. The zero-order valence-electron chi connectivity index (χ0n) is 13.8. The van der Waals surface area contributed by atoms with Crippen molar-refractivity contribution in [3.05, 3.63) is 51.9 Å². The predicted octanol–water partition coefficient (Wildman–Crippen LogP) is 3.33. The van der Waals surface area contributed by atoms with E-state index in [-0.39, 0.29) is 18.4 Å². The minimum atomic E-state index is -0.176. The van der Waals surface area contributed by atoms with Gasteiger partial charge in [0, 0.05) is 24.7 Å². The van der Waals surface area contributed by atoms with Gasteiger partial charge in [-0.2, -0.15) is 0 Å². The summed E-state index contributed by atoms with van der Waals surface area (Å²) < 4.78 is 10.4. The SMILES string of the molecule is COC[C@H](c1ccc(Cl)cc1)N(C)C(=O)Cc1c(C)noc1C. The molecule has 0 aliphatic carbocycles. The minimum Gasteiger partial charge on any atom is -0.382 e. The first-order valence-electron chi connectivity index (χ1n) is 7.35. The third-order valence-electron chi connectivity index (χ3n) is 3.95. The number of likely N-dealkylation sites (N-methyl/N-ethyl adjacent to an activating group) is 1. The molecule has 0 unspecified atom stereocenters. The maximum Gasteiger partial charge on any atom is 0.227 e. The Morgan fingerprint density at radius 3 is 2.52 bits per heavy atom. The molecule has 5 nitrogen and oxygen atoms in total. The van der Waals surface area contributed by atoms with E-state index in [0.717, 1.165) is 16.8 Å². The van der Waals surface area contributed by atoms with Crippen LogP contribution in [-0.4, -0.2) is 36.7 Å². The number of benzene rings is 1. The lowest BCUT2D eigenvalue weighted by Crippen LogP contribution is -2.35. The normalized spacial score (nSPS) is 12.2. The van der Waals surface area contributed by atoms with E-state index in [9.17, 15) is 4.79 Å². The van der Waals surface area contributed by atoms with Gasteiger partial charge < -0.3 is 14.2 Å². The molecule has 0 N–H and O–H groups in total. The highest BCUT2D eigenvalue weighted by atomic mass is 35.5. The first-order valence-corrected chi connectivity index (χ1v) is 7.73. The number of rotatable bonds is 6. The fourth-order valence-corrected chi connectivity index (χ4v) is 2.60. The van der Waals surface area contributed by atoms with Crippen LogP contribution in [0.3, 0.4) is 0 Å². The smallest absolute Gasteiger partial charge is 0.227 e. The molecule has 0 aliphatic rings. The van der Waals surface area contributed by atoms with Gasteiger partial charge in [0.25, 0.3) is 0 Å². The van der Waals surface area contributed by atoms with Crippen LogP contribution in [0.4, 0.5) is 0 Å². The predicted molar refractivity (Wildman–Crippen MR) is 88.5 cm³/mol. The summed E-state index contributed by atoms with van der Waals surface area (Å²) in [5.41, 5.74) is 2.57. The van der Waals surface area contributed by atoms with E-state index in [0.29, 0.717) is 17.4 Å². The van der Waals surface area contributed by atoms with Crippen molar-refractivity contribution in [3.8, 4) is 0 Å². The van der Waals surface area contributed by atoms with Gasteiger partial charge in [0.15, 0.2) is 0 Å². The molecule has 23 heavy (non-hydrogen) atoms. The van der Waals surface area contributed by atoms with Crippen LogP contribution in [0.2, 0.25) is 5.02 Å². The molecule has 1 aromatic heterocycles. The number of hydrogen-bond acceptors (Lipinski definition) is 4. The monoisotopic (exact) mass is 336 g/mol. The van der Waals surface area contributed by atoms with Gasteiger partial charge in [-0.1, -0.05) is 28.9 Å². The van der Waals surface area contributed by atoms with E-state index < -0.39 is 0 Å². The molecule has 124 valence electrons. The summed E-state index contributed by atoms with van der Waals surface area (Å²) >= 11 is 5.94. The van der Waals surface area contributed by atoms with Crippen LogP contribution in [0.1, 0.15) is 28.6 Å². The van der Waals surface area contributed by atoms with Gasteiger partial charge in [0.05, 0.1) is 24.8 Å². The number of hydrogen-bond donors (Lipinski definition) is 0. The zero-order valence-corrected chi connectivity index (χ0v) is 14.6. The fourth-order valence-electron chi connectivity index (χ4n) is 2.48. The van der Waals surface area contributed by atoms with Gasteiger partial charge >= 0.3 is 0 Å². The summed E-state index contributed by atoms with van der Waals surface area (Å²) in [6, 6.07) is 7.26. The van der Waals surface area contributed by atoms with E-state index in [1.807, 2.05) is 38.1 Å². The number of ether oxygens (including phenoxy) is 1. The van der Waals surface area contributed by atoms with Crippen LogP contribution in [0, 0.1) is 13.8 Å². The standard InChI is InChI=1S/C17H21ClN2O3/c1-11-15(12(2)23-19-11)9-17(21)20(3)16(10-22-4)13-5-7-14(18)8-6-13/h5-8,16H,9-10H2,1-4H3/t16-/m1/s1. The summed E-state index contributed by atoms with van der Waals surface area (Å²) in [6.45, 7) is 4.06. The maximum atomic E-state index is 12.6. The van der Waals surface area contributed by atoms with Crippen molar-refractivity contribution < 1.29 is 14.1 Å². The van der Waals surface area contributed by atoms with Crippen LogP contribution in [-0.2, 0) is 16.0 Å². The largest absolute Gasteiger partial charge is 0.382 e. The van der Waals surface area contributed by atoms with E-state index in [1.54, 1.807) is 19.1 Å². The van der Waals surface area contributed by atoms with Gasteiger partial charge in [-0.3, -0.25) is 4.79 Å². The molecule has 0 spiro atoms. The molecule has 2 rings (SSSR count). The molecular formula is C17H21ClN2O3. The molecule has 0 saturated heterocycles. The van der Waals surface area contributed by atoms with Crippen molar-refractivity contribution in [2.45, 2.75) is 26.3 Å². The summed E-state index contributed by atoms with van der Waals surface area (Å²) in [7, 11) is 3.40. The number of aromatic nitrogens is 1.